The van der Waals surface area contributed by atoms with Gasteiger partial charge in [-0.3, -0.25) is 0 Å². The smallest absolute Gasteiger partial charge is 0.323 e. The van der Waals surface area contributed by atoms with Gasteiger partial charge < -0.3 is 25.2 Å². The van der Waals surface area contributed by atoms with Gasteiger partial charge in [0.05, 0.1) is 29.5 Å². The van der Waals surface area contributed by atoms with Crippen LogP contribution >= 0.6 is 0 Å². The Morgan fingerprint density at radius 2 is 1.71 bits per heavy atom. The predicted octanol–water partition coefficient (Wildman–Crippen LogP) is 2.80. The molecule has 10 heteroatoms. The second-order valence-corrected chi connectivity index (χ2v) is 10.5. The number of morpholine rings is 1. The van der Waals surface area contributed by atoms with Gasteiger partial charge in [0.25, 0.3) is 0 Å². The fraction of sp³-hybridized carbons (Fsp3) is 0.458. The Balaban J connectivity index is 1.61. The number of hydrogen-bond donors (Lipinski definition) is 2. The highest BCUT2D eigenvalue weighted by atomic mass is 32.2. The SMILES string of the molecule is CCN1CCN(c2ccc(S(=O)(=O)N3CCOCC3)cc2NC(=O)Nc2cccc(C)c2)CC1. The molecule has 2 aromatic rings. The topological polar surface area (TPSA) is 94.2 Å². The van der Waals surface area contributed by atoms with Gasteiger partial charge in [0.2, 0.25) is 10.0 Å². The van der Waals surface area contributed by atoms with Crippen LogP contribution in [0.25, 0.3) is 0 Å². The van der Waals surface area contributed by atoms with Crippen LogP contribution in [0.15, 0.2) is 47.4 Å². The molecule has 0 aliphatic carbocycles. The number of nitrogens with zero attached hydrogens (tertiary/aromatic N) is 3. The van der Waals surface area contributed by atoms with E-state index in [0.29, 0.717) is 37.7 Å². The van der Waals surface area contributed by atoms with Gasteiger partial charge in [-0.2, -0.15) is 4.31 Å². The lowest BCUT2D eigenvalue weighted by molar-refractivity contribution is 0.0730. The van der Waals surface area contributed by atoms with Crippen molar-refractivity contribution in [2.75, 3.05) is 74.6 Å². The number of piperazine rings is 1. The first-order valence-corrected chi connectivity index (χ1v) is 13.1. The molecule has 4 rings (SSSR count). The summed E-state index contributed by atoms with van der Waals surface area (Å²) >= 11 is 0. The zero-order valence-electron chi connectivity index (χ0n) is 19.8. The lowest BCUT2D eigenvalue weighted by Crippen LogP contribution is -2.46. The third-order valence-electron chi connectivity index (χ3n) is 6.26. The molecule has 2 fully saturated rings. The number of hydrogen-bond acceptors (Lipinski definition) is 6. The van der Waals surface area contributed by atoms with Crippen molar-refractivity contribution in [3.63, 3.8) is 0 Å². The number of ether oxygens (including phenoxy) is 1. The van der Waals surface area contributed by atoms with Crippen LogP contribution in [0.4, 0.5) is 21.9 Å². The molecule has 0 atom stereocenters. The molecule has 0 radical (unpaired) electrons. The summed E-state index contributed by atoms with van der Waals surface area (Å²) in [5.74, 6) is 0. The van der Waals surface area contributed by atoms with Crippen molar-refractivity contribution in [3.8, 4) is 0 Å². The molecule has 184 valence electrons. The van der Waals surface area contributed by atoms with Gasteiger partial charge in [-0.25, -0.2) is 13.2 Å². The number of rotatable bonds is 6. The largest absolute Gasteiger partial charge is 0.379 e. The second-order valence-electron chi connectivity index (χ2n) is 8.57. The van der Waals surface area contributed by atoms with Gasteiger partial charge in [0.1, 0.15) is 0 Å². The number of sulfonamides is 1. The Kier molecular flexibility index (Phi) is 7.72. The number of amides is 2. The summed E-state index contributed by atoms with van der Waals surface area (Å²) in [5, 5.41) is 5.75. The summed E-state index contributed by atoms with van der Waals surface area (Å²) in [7, 11) is -3.69. The van der Waals surface area contributed by atoms with Crippen molar-refractivity contribution in [3.05, 3.63) is 48.0 Å². The summed E-state index contributed by atoms with van der Waals surface area (Å²) in [6, 6.07) is 12.1. The average Bonchev–Trinajstić information content (AvgIpc) is 2.84. The number of likely N-dealkylation sites (N-methyl/N-ethyl adjacent to an activating group) is 1. The molecule has 0 bridgehead atoms. The summed E-state index contributed by atoms with van der Waals surface area (Å²) in [4.78, 5) is 17.6. The van der Waals surface area contributed by atoms with Crippen LogP contribution in [0.1, 0.15) is 12.5 Å². The minimum atomic E-state index is -3.69. The second kappa shape index (κ2) is 10.7. The third kappa shape index (κ3) is 5.69. The Morgan fingerprint density at radius 3 is 2.38 bits per heavy atom. The summed E-state index contributed by atoms with van der Waals surface area (Å²) in [6.45, 7) is 9.92. The third-order valence-corrected chi connectivity index (χ3v) is 8.15. The number of urea groups is 1. The van der Waals surface area contributed by atoms with E-state index in [0.717, 1.165) is 44.0 Å². The van der Waals surface area contributed by atoms with E-state index in [1.165, 1.54) is 4.31 Å². The fourth-order valence-electron chi connectivity index (χ4n) is 4.30. The predicted molar refractivity (Wildman–Crippen MR) is 134 cm³/mol. The Morgan fingerprint density at radius 1 is 0.971 bits per heavy atom. The molecule has 0 saturated carbocycles. The molecular weight excluding hydrogens is 454 g/mol. The number of nitrogens with one attached hydrogen (secondary N) is 2. The van der Waals surface area contributed by atoms with E-state index in [4.69, 9.17) is 4.74 Å². The van der Waals surface area contributed by atoms with E-state index in [1.54, 1.807) is 18.2 Å². The van der Waals surface area contributed by atoms with Gasteiger partial charge in [-0.15, -0.1) is 0 Å². The van der Waals surface area contributed by atoms with Crippen LogP contribution in [-0.2, 0) is 14.8 Å². The molecule has 2 N–H and O–H groups in total. The standard InChI is InChI=1S/C24H33N5O4S/c1-3-27-9-11-28(12-10-27)23-8-7-21(34(31,32)29-13-15-33-16-14-29)18-22(23)26-24(30)25-20-6-4-5-19(2)17-20/h4-8,17-18H,3,9-16H2,1-2H3,(H2,25,26,30). The Bertz CT molecular complexity index is 1110. The number of carbonyl (C=O) groups excluding carboxylic acids is 1. The van der Waals surface area contributed by atoms with Crippen molar-refractivity contribution in [1.82, 2.24) is 9.21 Å². The minimum absolute atomic E-state index is 0.163. The van der Waals surface area contributed by atoms with Gasteiger partial charge >= 0.3 is 6.03 Å². The number of benzene rings is 2. The molecule has 2 heterocycles. The van der Waals surface area contributed by atoms with Crippen LogP contribution < -0.4 is 15.5 Å². The highest BCUT2D eigenvalue weighted by Crippen LogP contribution is 2.31. The van der Waals surface area contributed by atoms with Crippen LogP contribution in [-0.4, -0.2) is 82.7 Å². The first kappa shape index (κ1) is 24.5. The van der Waals surface area contributed by atoms with Gasteiger partial charge in [0.15, 0.2) is 0 Å². The van der Waals surface area contributed by atoms with E-state index in [9.17, 15) is 13.2 Å². The summed E-state index contributed by atoms with van der Waals surface area (Å²) in [5.41, 5.74) is 3.00. The van der Waals surface area contributed by atoms with Crippen molar-refractivity contribution in [2.24, 2.45) is 0 Å². The van der Waals surface area contributed by atoms with E-state index >= 15 is 0 Å². The minimum Gasteiger partial charge on any atom is -0.379 e. The van der Waals surface area contributed by atoms with Crippen LogP contribution in [0.2, 0.25) is 0 Å². The van der Waals surface area contributed by atoms with Crippen molar-refractivity contribution in [1.29, 1.82) is 0 Å². The highest BCUT2D eigenvalue weighted by Gasteiger charge is 2.28. The number of carbonyl (C=O) groups is 1. The molecule has 0 unspecified atom stereocenters. The lowest BCUT2D eigenvalue weighted by atomic mass is 10.2. The fourth-order valence-corrected chi connectivity index (χ4v) is 5.73. The molecule has 0 aromatic heterocycles. The van der Waals surface area contributed by atoms with Gasteiger partial charge in [-0.05, 0) is 49.4 Å². The molecular formula is C24H33N5O4S. The maximum Gasteiger partial charge on any atom is 0.323 e. The van der Waals surface area contributed by atoms with E-state index in [-0.39, 0.29) is 4.90 Å². The highest BCUT2D eigenvalue weighted by molar-refractivity contribution is 7.89. The monoisotopic (exact) mass is 487 g/mol. The number of anilines is 3. The maximum absolute atomic E-state index is 13.2. The molecule has 2 aliphatic rings. The summed E-state index contributed by atoms with van der Waals surface area (Å²) < 4.78 is 33.2. The Labute approximate surface area is 201 Å². The average molecular weight is 488 g/mol. The normalized spacial score (nSPS) is 18.0. The lowest BCUT2D eigenvalue weighted by Gasteiger charge is -2.36. The zero-order valence-corrected chi connectivity index (χ0v) is 20.6. The maximum atomic E-state index is 13.2. The van der Waals surface area contributed by atoms with Gasteiger partial charge in [0, 0.05) is 45.0 Å². The zero-order chi connectivity index (χ0) is 24.1. The summed E-state index contributed by atoms with van der Waals surface area (Å²) in [6.07, 6.45) is 0. The van der Waals surface area contributed by atoms with E-state index in [1.807, 2.05) is 31.2 Å². The van der Waals surface area contributed by atoms with Crippen molar-refractivity contribution >= 4 is 33.1 Å². The van der Waals surface area contributed by atoms with Crippen molar-refractivity contribution < 1.29 is 17.9 Å². The quantitative estimate of drug-likeness (QED) is 0.651. The molecule has 2 amide bonds. The van der Waals surface area contributed by atoms with Crippen LogP contribution in [0.3, 0.4) is 0 Å². The first-order chi connectivity index (χ1) is 16.4. The molecule has 0 spiro atoms. The van der Waals surface area contributed by atoms with E-state index in [2.05, 4.69) is 27.4 Å². The molecule has 2 aromatic carbocycles. The van der Waals surface area contributed by atoms with Gasteiger partial charge in [-0.1, -0.05) is 19.1 Å². The molecule has 2 aliphatic heterocycles. The first-order valence-electron chi connectivity index (χ1n) is 11.7. The Hall–Kier alpha value is -2.66. The molecule has 9 nitrogen and oxygen atoms in total. The van der Waals surface area contributed by atoms with E-state index < -0.39 is 16.1 Å². The van der Waals surface area contributed by atoms with Crippen LogP contribution in [0, 0.1) is 6.92 Å². The molecule has 2 saturated heterocycles. The number of aryl methyl sites for hydroxylation is 1. The molecule has 34 heavy (non-hydrogen) atoms. The van der Waals surface area contributed by atoms with Crippen molar-refractivity contribution in [2.45, 2.75) is 18.7 Å². The van der Waals surface area contributed by atoms with Crippen LogP contribution in [0.5, 0.6) is 0 Å².